The lowest BCUT2D eigenvalue weighted by molar-refractivity contribution is -0.140. The van der Waals surface area contributed by atoms with Crippen LogP contribution in [0, 0.1) is 0 Å². The monoisotopic (exact) mass is 318 g/mol. The first-order valence-corrected chi connectivity index (χ1v) is 8.67. The highest BCUT2D eigenvalue weighted by molar-refractivity contribution is 5.87. The standard InChI is InChI=1S/C19H30N2O2/c1-5-15(4)20-19(23)17(6-2)21(18(22)7-3)14-13-16-11-9-8-10-12-16/h8-12,15,17H,5-7,13-14H2,1-4H3,(H,20,23)/t15-,17+/m0/s1. The number of carbonyl (C=O) groups is 2. The number of amides is 2. The first kappa shape index (κ1) is 19.2. The van der Waals surface area contributed by atoms with Crippen LogP contribution in [0.2, 0.25) is 0 Å². The van der Waals surface area contributed by atoms with E-state index in [0.29, 0.717) is 19.4 Å². The third-order valence-corrected chi connectivity index (χ3v) is 4.17. The lowest BCUT2D eigenvalue weighted by Crippen LogP contribution is -2.51. The van der Waals surface area contributed by atoms with Gasteiger partial charge in [-0.05, 0) is 31.7 Å². The van der Waals surface area contributed by atoms with E-state index in [1.807, 2.05) is 45.9 Å². The third-order valence-electron chi connectivity index (χ3n) is 4.17. The van der Waals surface area contributed by atoms with E-state index in [0.717, 1.165) is 12.8 Å². The molecule has 2 atom stereocenters. The molecule has 0 aliphatic heterocycles. The summed E-state index contributed by atoms with van der Waals surface area (Å²) in [5.74, 6) is -0.0104. The molecule has 0 aromatic heterocycles. The molecule has 0 saturated carbocycles. The summed E-state index contributed by atoms with van der Waals surface area (Å²) in [4.78, 5) is 26.6. The van der Waals surface area contributed by atoms with Gasteiger partial charge in [0.25, 0.3) is 0 Å². The minimum atomic E-state index is -0.389. The normalized spacial score (nSPS) is 13.2. The SMILES string of the molecule is CCC(=O)N(CCc1ccccc1)[C@H](CC)C(=O)N[C@@H](C)CC. The Morgan fingerprint density at radius 3 is 2.26 bits per heavy atom. The van der Waals surface area contributed by atoms with Crippen LogP contribution in [-0.4, -0.2) is 35.3 Å². The molecular weight excluding hydrogens is 288 g/mol. The molecule has 23 heavy (non-hydrogen) atoms. The molecule has 0 aliphatic rings. The van der Waals surface area contributed by atoms with Crippen molar-refractivity contribution >= 4 is 11.8 Å². The van der Waals surface area contributed by atoms with Crippen molar-refractivity contribution < 1.29 is 9.59 Å². The lowest BCUT2D eigenvalue weighted by atomic mass is 10.1. The van der Waals surface area contributed by atoms with Crippen molar-refractivity contribution in [1.29, 1.82) is 0 Å². The molecule has 0 aliphatic carbocycles. The minimum Gasteiger partial charge on any atom is -0.352 e. The van der Waals surface area contributed by atoms with Crippen LogP contribution < -0.4 is 5.32 Å². The van der Waals surface area contributed by atoms with E-state index in [1.54, 1.807) is 4.90 Å². The van der Waals surface area contributed by atoms with Crippen LogP contribution in [-0.2, 0) is 16.0 Å². The van der Waals surface area contributed by atoms with Crippen LogP contribution in [0.25, 0.3) is 0 Å². The summed E-state index contributed by atoms with van der Waals surface area (Å²) in [7, 11) is 0. The highest BCUT2D eigenvalue weighted by Crippen LogP contribution is 2.11. The Balaban J connectivity index is 2.81. The van der Waals surface area contributed by atoms with Crippen LogP contribution >= 0.6 is 0 Å². The van der Waals surface area contributed by atoms with Crippen LogP contribution in [0.4, 0.5) is 0 Å². The zero-order chi connectivity index (χ0) is 17.2. The van der Waals surface area contributed by atoms with Crippen molar-refractivity contribution in [1.82, 2.24) is 10.2 Å². The Morgan fingerprint density at radius 1 is 1.09 bits per heavy atom. The molecule has 4 nitrogen and oxygen atoms in total. The smallest absolute Gasteiger partial charge is 0.243 e. The number of hydrogen-bond acceptors (Lipinski definition) is 2. The number of hydrogen-bond donors (Lipinski definition) is 1. The van der Waals surface area contributed by atoms with E-state index < -0.39 is 0 Å². The number of nitrogens with one attached hydrogen (secondary N) is 1. The number of carbonyl (C=O) groups excluding carboxylic acids is 2. The molecule has 0 unspecified atom stereocenters. The van der Waals surface area contributed by atoms with Gasteiger partial charge in [0.1, 0.15) is 6.04 Å². The van der Waals surface area contributed by atoms with Gasteiger partial charge in [0.15, 0.2) is 0 Å². The Kier molecular flexibility index (Phi) is 8.38. The zero-order valence-electron chi connectivity index (χ0n) is 14.8. The van der Waals surface area contributed by atoms with Crippen LogP contribution in [0.5, 0.6) is 0 Å². The summed E-state index contributed by atoms with van der Waals surface area (Å²) in [5.41, 5.74) is 1.18. The molecule has 0 spiro atoms. The van der Waals surface area contributed by atoms with Gasteiger partial charge in [-0.3, -0.25) is 9.59 Å². The Hall–Kier alpha value is -1.84. The van der Waals surface area contributed by atoms with Crippen molar-refractivity contribution in [3.63, 3.8) is 0 Å². The van der Waals surface area contributed by atoms with Gasteiger partial charge in [-0.2, -0.15) is 0 Å². The maximum absolute atomic E-state index is 12.5. The van der Waals surface area contributed by atoms with Crippen molar-refractivity contribution in [3.8, 4) is 0 Å². The summed E-state index contributed by atoms with van der Waals surface area (Å²) >= 11 is 0. The Bertz CT molecular complexity index is 487. The summed E-state index contributed by atoms with van der Waals surface area (Å²) in [5, 5.41) is 3.01. The van der Waals surface area contributed by atoms with Crippen molar-refractivity contribution in [2.24, 2.45) is 0 Å². The summed E-state index contributed by atoms with van der Waals surface area (Å²) in [6, 6.07) is 9.81. The van der Waals surface area contributed by atoms with E-state index in [2.05, 4.69) is 17.4 Å². The molecule has 0 fully saturated rings. The average Bonchev–Trinajstić information content (AvgIpc) is 2.58. The van der Waals surface area contributed by atoms with E-state index in [4.69, 9.17) is 0 Å². The molecular formula is C19H30N2O2. The van der Waals surface area contributed by atoms with E-state index in [1.165, 1.54) is 5.56 Å². The van der Waals surface area contributed by atoms with Gasteiger partial charge in [0.2, 0.25) is 11.8 Å². The van der Waals surface area contributed by atoms with Crippen LogP contribution in [0.15, 0.2) is 30.3 Å². The van der Waals surface area contributed by atoms with Gasteiger partial charge in [0.05, 0.1) is 0 Å². The summed E-state index contributed by atoms with van der Waals surface area (Å²) < 4.78 is 0. The molecule has 1 aromatic rings. The molecule has 0 bridgehead atoms. The second-order valence-corrected chi connectivity index (χ2v) is 5.92. The van der Waals surface area contributed by atoms with Crippen LogP contribution in [0.3, 0.4) is 0 Å². The predicted octanol–water partition coefficient (Wildman–Crippen LogP) is 3.16. The molecule has 0 heterocycles. The molecule has 0 radical (unpaired) electrons. The van der Waals surface area contributed by atoms with Crippen molar-refractivity contribution in [2.45, 2.75) is 65.5 Å². The predicted molar refractivity (Wildman–Crippen MR) is 94.1 cm³/mol. The fourth-order valence-corrected chi connectivity index (χ4v) is 2.54. The van der Waals surface area contributed by atoms with E-state index in [-0.39, 0.29) is 23.9 Å². The van der Waals surface area contributed by atoms with Crippen molar-refractivity contribution in [3.05, 3.63) is 35.9 Å². The Morgan fingerprint density at radius 2 is 1.74 bits per heavy atom. The second-order valence-electron chi connectivity index (χ2n) is 5.92. The quantitative estimate of drug-likeness (QED) is 0.760. The molecule has 1 aromatic carbocycles. The topological polar surface area (TPSA) is 49.4 Å². The highest BCUT2D eigenvalue weighted by Gasteiger charge is 2.27. The third kappa shape index (κ3) is 6.05. The fraction of sp³-hybridized carbons (Fsp3) is 0.579. The maximum Gasteiger partial charge on any atom is 0.243 e. The average molecular weight is 318 g/mol. The molecule has 1 N–H and O–H groups in total. The van der Waals surface area contributed by atoms with Gasteiger partial charge < -0.3 is 10.2 Å². The summed E-state index contributed by atoms with van der Waals surface area (Å²) in [6.45, 7) is 8.40. The molecule has 1 rings (SSSR count). The molecule has 2 amide bonds. The fourth-order valence-electron chi connectivity index (χ4n) is 2.54. The van der Waals surface area contributed by atoms with E-state index in [9.17, 15) is 9.59 Å². The van der Waals surface area contributed by atoms with Gasteiger partial charge in [-0.1, -0.05) is 51.1 Å². The largest absolute Gasteiger partial charge is 0.352 e. The molecule has 4 heteroatoms. The Labute approximate surface area is 140 Å². The van der Waals surface area contributed by atoms with Gasteiger partial charge in [0, 0.05) is 19.0 Å². The maximum atomic E-state index is 12.5. The first-order valence-electron chi connectivity index (χ1n) is 8.67. The number of nitrogens with zero attached hydrogens (tertiary/aromatic N) is 1. The van der Waals surface area contributed by atoms with Crippen molar-refractivity contribution in [2.75, 3.05) is 6.54 Å². The second kappa shape index (κ2) is 10.0. The van der Waals surface area contributed by atoms with E-state index >= 15 is 0 Å². The lowest BCUT2D eigenvalue weighted by Gasteiger charge is -2.31. The number of benzene rings is 1. The van der Waals surface area contributed by atoms with Gasteiger partial charge >= 0.3 is 0 Å². The van der Waals surface area contributed by atoms with Gasteiger partial charge in [-0.15, -0.1) is 0 Å². The zero-order valence-corrected chi connectivity index (χ0v) is 14.8. The number of rotatable bonds is 9. The summed E-state index contributed by atoms with van der Waals surface area (Å²) in [6.07, 6.45) is 2.69. The van der Waals surface area contributed by atoms with Gasteiger partial charge in [-0.25, -0.2) is 0 Å². The van der Waals surface area contributed by atoms with Crippen LogP contribution in [0.1, 0.15) is 52.5 Å². The highest BCUT2D eigenvalue weighted by atomic mass is 16.2. The first-order chi connectivity index (χ1) is 11.0. The molecule has 0 saturated heterocycles. The molecule has 128 valence electrons. The minimum absolute atomic E-state index is 0.0343.